The van der Waals surface area contributed by atoms with E-state index in [4.69, 9.17) is 4.74 Å². The van der Waals surface area contributed by atoms with Gasteiger partial charge in [0.15, 0.2) is 0 Å². The molecule has 21 heavy (non-hydrogen) atoms. The van der Waals surface area contributed by atoms with Gasteiger partial charge in [-0.3, -0.25) is 4.79 Å². The standard InChI is InChI=1S/C17H23NO3/c1-17(2)15(12-7-5-9-21-16(12)17)18-14(20)10-11-6-3-4-8-13(11)19/h3-4,6,8,12,15-16,19H,5,7,9-10H2,1-2H3,(H,18,20)/t12-,15+,16-/m0/s1. The highest BCUT2D eigenvalue weighted by molar-refractivity contribution is 5.79. The van der Waals surface area contributed by atoms with Gasteiger partial charge in [-0.2, -0.15) is 0 Å². The molecule has 2 N–H and O–H groups in total. The molecule has 1 aromatic rings. The van der Waals surface area contributed by atoms with Crippen molar-refractivity contribution in [1.82, 2.24) is 5.32 Å². The van der Waals surface area contributed by atoms with Gasteiger partial charge in [0.05, 0.1) is 12.5 Å². The first-order valence-corrected chi connectivity index (χ1v) is 7.68. The van der Waals surface area contributed by atoms with Gasteiger partial charge in [-0.1, -0.05) is 32.0 Å². The summed E-state index contributed by atoms with van der Waals surface area (Å²) in [6.07, 6.45) is 2.68. The molecular weight excluding hydrogens is 266 g/mol. The van der Waals surface area contributed by atoms with Crippen molar-refractivity contribution in [2.45, 2.75) is 45.3 Å². The normalized spacial score (nSPS) is 30.1. The third-order valence-electron chi connectivity index (χ3n) is 4.99. The summed E-state index contributed by atoms with van der Waals surface area (Å²) < 4.78 is 5.85. The van der Waals surface area contributed by atoms with Gasteiger partial charge in [0.1, 0.15) is 5.75 Å². The van der Waals surface area contributed by atoms with E-state index in [1.54, 1.807) is 18.2 Å². The Bertz CT molecular complexity index is 541. The van der Waals surface area contributed by atoms with E-state index in [9.17, 15) is 9.90 Å². The van der Waals surface area contributed by atoms with E-state index >= 15 is 0 Å². The van der Waals surface area contributed by atoms with Crippen LogP contribution in [-0.2, 0) is 16.0 Å². The Balaban J connectivity index is 1.64. The first kappa shape index (κ1) is 14.4. The quantitative estimate of drug-likeness (QED) is 0.897. The molecule has 1 aliphatic heterocycles. The number of hydrogen-bond donors (Lipinski definition) is 2. The van der Waals surface area contributed by atoms with Crippen molar-refractivity contribution < 1.29 is 14.6 Å². The molecule has 0 bridgehead atoms. The Hall–Kier alpha value is -1.55. The second kappa shape index (κ2) is 5.34. The van der Waals surface area contributed by atoms with E-state index in [1.165, 1.54) is 0 Å². The summed E-state index contributed by atoms with van der Waals surface area (Å²) in [7, 11) is 0. The summed E-state index contributed by atoms with van der Waals surface area (Å²) in [6.45, 7) is 5.15. The molecule has 0 unspecified atom stereocenters. The van der Waals surface area contributed by atoms with Crippen LogP contribution in [0.5, 0.6) is 5.75 Å². The molecule has 2 aliphatic rings. The number of nitrogens with one attached hydrogen (secondary N) is 1. The zero-order valence-corrected chi connectivity index (χ0v) is 12.6. The third kappa shape index (κ3) is 2.53. The summed E-state index contributed by atoms with van der Waals surface area (Å²) >= 11 is 0. The van der Waals surface area contributed by atoms with Crippen molar-refractivity contribution in [3.8, 4) is 5.75 Å². The lowest BCUT2D eigenvalue weighted by Crippen LogP contribution is -2.70. The number of carbonyl (C=O) groups excluding carboxylic acids is 1. The van der Waals surface area contributed by atoms with E-state index in [-0.39, 0.29) is 35.6 Å². The molecule has 1 heterocycles. The molecule has 0 spiro atoms. The number of amides is 1. The largest absolute Gasteiger partial charge is 0.508 e. The van der Waals surface area contributed by atoms with E-state index < -0.39 is 0 Å². The fourth-order valence-electron chi connectivity index (χ4n) is 3.87. The molecule has 0 aromatic heterocycles. The van der Waals surface area contributed by atoms with Gasteiger partial charge in [-0.15, -0.1) is 0 Å². The van der Waals surface area contributed by atoms with Gasteiger partial charge in [0.25, 0.3) is 0 Å². The molecule has 114 valence electrons. The van der Waals surface area contributed by atoms with Crippen LogP contribution in [0, 0.1) is 11.3 Å². The van der Waals surface area contributed by atoms with Gasteiger partial charge in [0.2, 0.25) is 5.91 Å². The SMILES string of the molecule is CC1(C)[C@H](NC(=O)Cc2ccccc2O)[C@@H]2CCCO[C@@H]21. The molecule has 3 rings (SSSR count). The average Bonchev–Trinajstić information content (AvgIpc) is 2.47. The number of benzene rings is 1. The van der Waals surface area contributed by atoms with Crippen LogP contribution in [0.1, 0.15) is 32.3 Å². The number of aromatic hydroxyl groups is 1. The van der Waals surface area contributed by atoms with Gasteiger partial charge in [0, 0.05) is 29.5 Å². The Kier molecular flexibility index (Phi) is 3.66. The maximum absolute atomic E-state index is 12.3. The Morgan fingerprint density at radius 2 is 2.19 bits per heavy atom. The van der Waals surface area contributed by atoms with E-state index in [0.29, 0.717) is 11.5 Å². The number of rotatable bonds is 3. The van der Waals surface area contributed by atoms with Crippen molar-refractivity contribution in [2.75, 3.05) is 6.61 Å². The molecule has 1 amide bonds. The van der Waals surface area contributed by atoms with E-state index in [0.717, 1.165) is 19.4 Å². The van der Waals surface area contributed by atoms with E-state index in [1.807, 2.05) is 6.07 Å². The first-order chi connectivity index (χ1) is 10.00. The Morgan fingerprint density at radius 3 is 2.95 bits per heavy atom. The summed E-state index contributed by atoms with van der Waals surface area (Å²) in [6, 6.07) is 7.16. The van der Waals surface area contributed by atoms with Gasteiger partial charge >= 0.3 is 0 Å². The molecule has 2 fully saturated rings. The topological polar surface area (TPSA) is 58.6 Å². The molecule has 0 radical (unpaired) electrons. The fourth-order valence-corrected chi connectivity index (χ4v) is 3.87. The van der Waals surface area contributed by atoms with Crippen molar-refractivity contribution >= 4 is 5.91 Å². The van der Waals surface area contributed by atoms with Gasteiger partial charge in [-0.25, -0.2) is 0 Å². The average molecular weight is 289 g/mol. The highest BCUT2D eigenvalue weighted by Gasteiger charge is 2.58. The lowest BCUT2D eigenvalue weighted by Gasteiger charge is -2.59. The number of para-hydroxylation sites is 1. The van der Waals surface area contributed by atoms with Crippen molar-refractivity contribution in [1.29, 1.82) is 0 Å². The first-order valence-electron chi connectivity index (χ1n) is 7.68. The summed E-state index contributed by atoms with van der Waals surface area (Å²) in [5.74, 6) is 0.583. The van der Waals surface area contributed by atoms with Crippen LogP contribution in [0.4, 0.5) is 0 Å². The monoisotopic (exact) mass is 289 g/mol. The van der Waals surface area contributed by atoms with E-state index in [2.05, 4.69) is 19.2 Å². The fraction of sp³-hybridized carbons (Fsp3) is 0.588. The summed E-state index contributed by atoms with van der Waals surface area (Å²) in [5.41, 5.74) is 0.656. The second-order valence-electron chi connectivity index (χ2n) is 6.77. The zero-order valence-electron chi connectivity index (χ0n) is 12.6. The van der Waals surface area contributed by atoms with Crippen LogP contribution in [0.25, 0.3) is 0 Å². The van der Waals surface area contributed by atoms with Crippen molar-refractivity contribution in [2.24, 2.45) is 11.3 Å². The summed E-state index contributed by atoms with van der Waals surface area (Å²) in [5, 5.41) is 12.9. The third-order valence-corrected chi connectivity index (χ3v) is 4.99. The molecule has 4 heteroatoms. The highest BCUT2D eigenvalue weighted by atomic mass is 16.5. The molecule has 1 saturated heterocycles. The number of phenols is 1. The van der Waals surface area contributed by atoms with Crippen LogP contribution in [0.15, 0.2) is 24.3 Å². The maximum atomic E-state index is 12.3. The van der Waals surface area contributed by atoms with Gasteiger partial charge in [-0.05, 0) is 18.9 Å². The smallest absolute Gasteiger partial charge is 0.224 e. The van der Waals surface area contributed by atoms with Crippen molar-refractivity contribution in [3.63, 3.8) is 0 Å². The number of carbonyl (C=O) groups is 1. The number of ether oxygens (including phenoxy) is 1. The second-order valence-corrected chi connectivity index (χ2v) is 6.77. The molecule has 1 aliphatic carbocycles. The zero-order chi connectivity index (χ0) is 15.0. The Labute approximate surface area is 125 Å². The van der Waals surface area contributed by atoms with Crippen LogP contribution in [0.2, 0.25) is 0 Å². The minimum absolute atomic E-state index is 0.0144. The predicted octanol–water partition coefficient (Wildman–Crippen LogP) is 2.25. The van der Waals surface area contributed by atoms with Crippen LogP contribution in [-0.4, -0.2) is 29.8 Å². The molecular formula is C17H23NO3. The predicted molar refractivity (Wildman–Crippen MR) is 80.0 cm³/mol. The van der Waals surface area contributed by atoms with Crippen LogP contribution in [0.3, 0.4) is 0 Å². The number of hydrogen-bond acceptors (Lipinski definition) is 3. The number of fused-ring (bicyclic) bond motifs is 1. The van der Waals surface area contributed by atoms with Crippen LogP contribution < -0.4 is 5.32 Å². The van der Waals surface area contributed by atoms with Crippen molar-refractivity contribution in [3.05, 3.63) is 29.8 Å². The summed E-state index contributed by atoms with van der Waals surface area (Å²) in [4.78, 5) is 12.3. The minimum atomic E-state index is -0.0291. The van der Waals surface area contributed by atoms with Crippen LogP contribution >= 0.6 is 0 Å². The number of phenolic OH excluding ortho intramolecular Hbond substituents is 1. The lowest BCUT2D eigenvalue weighted by molar-refractivity contribution is -0.193. The molecule has 1 saturated carbocycles. The molecule has 3 atom stereocenters. The lowest BCUT2D eigenvalue weighted by atomic mass is 9.55. The Morgan fingerprint density at radius 1 is 1.43 bits per heavy atom. The van der Waals surface area contributed by atoms with Gasteiger partial charge < -0.3 is 15.2 Å². The molecule has 4 nitrogen and oxygen atoms in total. The minimum Gasteiger partial charge on any atom is -0.508 e. The molecule has 1 aromatic carbocycles. The maximum Gasteiger partial charge on any atom is 0.224 e. The highest BCUT2D eigenvalue weighted by Crippen LogP contribution is 2.51.